The fraction of sp³-hybridized carbons (Fsp3) is 0.370. The molecule has 0 N–H and O–H groups in total. The van der Waals surface area contributed by atoms with Crippen molar-refractivity contribution in [1.29, 1.82) is 0 Å². The molecular formula is C27H26F3N5O3. The Labute approximate surface area is 218 Å². The van der Waals surface area contributed by atoms with E-state index in [1.165, 1.54) is 23.1 Å². The van der Waals surface area contributed by atoms with Crippen LogP contribution >= 0.6 is 0 Å². The van der Waals surface area contributed by atoms with E-state index in [0.717, 1.165) is 11.3 Å². The molecule has 5 rings (SSSR count). The van der Waals surface area contributed by atoms with Crippen LogP contribution in [0.2, 0.25) is 0 Å². The molecule has 38 heavy (non-hydrogen) atoms. The Hall–Kier alpha value is -4.04. The standard InChI is InChI=1S/C27H26F3N5O3/c1-31-22-8-6-20(7-9-22)15-35-19-32-14-23(35)17-33-12-10-26(11-13-33)18-34(25(36)38-26)16-21-4-2-3-5-24(21)37-27(28,29)30/h2-9,14,19H,10-13,15-18H2. The first kappa shape index (κ1) is 25.6. The highest BCUT2D eigenvalue weighted by Gasteiger charge is 2.47. The Morgan fingerprint density at radius 3 is 2.50 bits per heavy atom. The number of amides is 1. The summed E-state index contributed by atoms with van der Waals surface area (Å²) in [6.07, 6.45) is -0.447. The second-order valence-electron chi connectivity index (χ2n) is 9.63. The molecule has 0 radical (unpaired) electrons. The average molecular weight is 526 g/mol. The molecule has 1 aromatic heterocycles. The maximum Gasteiger partial charge on any atom is 0.573 e. The monoisotopic (exact) mass is 525 g/mol. The molecule has 0 bridgehead atoms. The van der Waals surface area contributed by atoms with Gasteiger partial charge in [-0.15, -0.1) is 13.2 Å². The number of ether oxygens (including phenoxy) is 2. The summed E-state index contributed by atoms with van der Waals surface area (Å²) in [7, 11) is 0. The van der Waals surface area contributed by atoms with Crippen molar-refractivity contribution in [3.8, 4) is 5.75 Å². The lowest BCUT2D eigenvalue weighted by atomic mass is 9.91. The molecule has 198 valence electrons. The number of rotatable bonds is 7. The number of likely N-dealkylation sites (tertiary alicyclic amines) is 1. The van der Waals surface area contributed by atoms with Gasteiger partial charge in [0, 0.05) is 50.8 Å². The maximum atomic E-state index is 12.8. The molecule has 2 aromatic carbocycles. The van der Waals surface area contributed by atoms with Crippen LogP contribution in [0.1, 0.15) is 29.7 Å². The highest BCUT2D eigenvalue weighted by molar-refractivity contribution is 5.71. The number of nitrogens with zero attached hydrogens (tertiary/aromatic N) is 5. The van der Waals surface area contributed by atoms with E-state index in [1.807, 2.05) is 18.3 Å². The van der Waals surface area contributed by atoms with E-state index in [4.69, 9.17) is 11.3 Å². The minimum Gasteiger partial charge on any atom is -0.441 e. The molecule has 8 nitrogen and oxygen atoms in total. The van der Waals surface area contributed by atoms with Crippen LogP contribution in [0.5, 0.6) is 5.75 Å². The number of benzene rings is 2. The number of para-hydroxylation sites is 1. The Morgan fingerprint density at radius 1 is 1.05 bits per heavy atom. The number of hydrogen-bond donors (Lipinski definition) is 0. The van der Waals surface area contributed by atoms with Gasteiger partial charge in [-0.05, 0) is 11.6 Å². The fourth-order valence-corrected chi connectivity index (χ4v) is 4.98. The van der Waals surface area contributed by atoms with Gasteiger partial charge >= 0.3 is 12.5 Å². The van der Waals surface area contributed by atoms with Crippen molar-refractivity contribution in [3.63, 3.8) is 0 Å². The zero-order valence-electron chi connectivity index (χ0n) is 20.5. The number of imidazole rings is 1. The zero-order chi connectivity index (χ0) is 26.8. The summed E-state index contributed by atoms with van der Waals surface area (Å²) in [5.74, 6) is -0.317. The maximum absolute atomic E-state index is 12.8. The first-order valence-corrected chi connectivity index (χ1v) is 12.2. The van der Waals surface area contributed by atoms with Crippen LogP contribution in [0, 0.1) is 6.57 Å². The number of carbonyl (C=O) groups excluding carboxylic acids is 1. The number of hydrogen-bond acceptors (Lipinski definition) is 5. The van der Waals surface area contributed by atoms with Gasteiger partial charge in [-0.2, -0.15) is 0 Å². The molecule has 1 amide bonds. The minimum atomic E-state index is -4.81. The lowest BCUT2D eigenvalue weighted by Gasteiger charge is -2.37. The van der Waals surface area contributed by atoms with Crippen molar-refractivity contribution in [2.24, 2.45) is 0 Å². The molecule has 0 unspecified atom stereocenters. The smallest absolute Gasteiger partial charge is 0.441 e. The second kappa shape index (κ2) is 10.4. The molecule has 11 heteroatoms. The van der Waals surface area contributed by atoms with E-state index in [2.05, 4.69) is 24.0 Å². The summed E-state index contributed by atoms with van der Waals surface area (Å²) < 4.78 is 50.3. The molecule has 3 aromatic rings. The molecular weight excluding hydrogens is 499 g/mol. The van der Waals surface area contributed by atoms with Crippen molar-refractivity contribution in [2.75, 3.05) is 19.6 Å². The van der Waals surface area contributed by atoms with Crippen molar-refractivity contribution in [1.82, 2.24) is 19.4 Å². The lowest BCUT2D eigenvalue weighted by Crippen LogP contribution is -2.46. The first-order chi connectivity index (χ1) is 18.2. The van der Waals surface area contributed by atoms with Crippen LogP contribution < -0.4 is 4.74 Å². The lowest BCUT2D eigenvalue weighted by molar-refractivity contribution is -0.275. The summed E-state index contributed by atoms with van der Waals surface area (Å²) in [5.41, 5.74) is 2.36. The number of aromatic nitrogens is 2. The Balaban J connectivity index is 1.17. The fourth-order valence-electron chi connectivity index (χ4n) is 4.98. The molecule has 2 aliphatic heterocycles. The molecule has 2 fully saturated rings. The summed E-state index contributed by atoms with van der Waals surface area (Å²) in [5, 5.41) is 0. The van der Waals surface area contributed by atoms with Crippen LogP contribution in [-0.4, -0.2) is 57.0 Å². The van der Waals surface area contributed by atoms with Gasteiger partial charge in [0.2, 0.25) is 0 Å². The SMILES string of the molecule is [C-]#[N+]c1ccc(Cn2cncc2CN2CCC3(CC2)CN(Cc2ccccc2OC(F)(F)F)C(=O)O3)cc1. The van der Waals surface area contributed by atoms with Crippen molar-refractivity contribution in [3.05, 3.63) is 89.3 Å². The van der Waals surface area contributed by atoms with Crippen LogP contribution in [0.4, 0.5) is 23.7 Å². The molecule has 2 aliphatic rings. The third-order valence-electron chi connectivity index (χ3n) is 6.97. The topological polar surface area (TPSA) is 64.2 Å². The van der Waals surface area contributed by atoms with Gasteiger partial charge in [0.05, 0.1) is 31.7 Å². The minimum absolute atomic E-state index is 0.0212. The van der Waals surface area contributed by atoms with Crippen LogP contribution in [0.3, 0.4) is 0 Å². The first-order valence-electron chi connectivity index (χ1n) is 12.2. The molecule has 0 aliphatic carbocycles. The van der Waals surface area contributed by atoms with E-state index in [0.29, 0.717) is 51.3 Å². The molecule has 1 spiro atoms. The molecule has 2 saturated heterocycles. The van der Waals surface area contributed by atoms with E-state index in [1.54, 1.807) is 24.5 Å². The van der Waals surface area contributed by atoms with Gasteiger partial charge < -0.3 is 14.0 Å². The Bertz CT molecular complexity index is 1320. The average Bonchev–Trinajstić information content (AvgIpc) is 3.44. The van der Waals surface area contributed by atoms with Gasteiger partial charge in [-0.25, -0.2) is 14.6 Å². The van der Waals surface area contributed by atoms with E-state index < -0.39 is 18.1 Å². The Morgan fingerprint density at radius 2 is 1.79 bits per heavy atom. The van der Waals surface area contributed by atoms with Gasteiger partial charge in [-0.1, -0.05) is 42.5 Å². The zero-order valence-corrected chi connectivity index (χ0v) is 20.5. The molecule has 0 saturated carbocycles. The summed E-state index contributed by atoms with van der Waals surface area (Å²) in [6, 6.07) is 13.3. The van der Waals surface area contributed by atoms with E-state index in [-0.39, 0.29) is 17.9 Å². The predicted octanol–water partition coefficient (Wildman–Crippen LogP) is 5.37. The highest BCUT2D eigenvalue weighted by atomic mass is 19.4. The van der Waals surface area contributed by atoms with E-state index in [9.17, 15) is 18.0 Å². The van der Waals surface area contributed by atoms with Crippen molar-refractivity contribution >= 4 is 11.8 Å². The largest absolute Gasteiger partial charge is 0.573 e. The number of piperidine rings is 1. The normalized spacial score (nSPS) is 17.4. The molecule has 0 atom stereocenters. The third kappa shape index (κ3) is 5.92. The number of carbonyl (C=O) groups is 1. The summed E-state index contributed by atoms with van der Waals surface area (Å²) >= 11 is 0. The van der Waals surface area contributed by atoms with Gasteiger partial charge in [0.25, 0.3) is 0 Å². The number of halogens is 3. The number of alkyl halides is 3. The van der Waals surface area contributed by atoms with Crippen molar-refractivity contribution < 1.29 is 27.4 Å². The van der Waals surface area contributed by atoms with Crippen molar-refractivity contribution in [2.45, 2.75) is 44.4 Å². The Kier molecular flexibility index (Phi) is 6.99. The van der Waals surface area contributed by atoms with Gasteiger partial charge in [0.1, 0.15) is 11.4 Å². The highest BCUT2D eigenvalue weighted by Crippen LogP contribution is 2.36. The van der Waals surface area contributed by atoms with Crippen LogP contribution in [0.15, 0.2) is 61.1 Å². The summed E-state index contributed by atoms with van der Waals surface area (Å²) in [4.78, 5) is 24.1. The molecule has 3 heterocycles. The van der Waals surface area contributed by atoms with E-state index >= 15 is 0 Å². The van der Waals surface area contributed by atoms with Gasteiger partial charge in [0.15, 0.2) is 5.69 Å². The van der Waals surface area contributed by atoms with Crippen LogP contribution in [-0.2, 0) is 24.4 Å². The second-order valence-corrected chi connectivity index (χ2v) is 9.63. The van der Waals surface area contributed by atoms with Gasteiger partial charge in [-0.3, -0.25) is 9.80 Å². The third-order valence-corrected chi connectivity index (χ3v) is 6.97. The summed E-state index contributed by atoms with van der Waals surface area (Å²) in [6.45, 7) is 10.1. The quantitative estimate of drug-likeness (QED) is 0.388. The predicted molar refractivity (Wildman–Crippen MR) is 131 cm³/mol. The van der Waals surface area contributed by atoms with Crippen LogP contribution in [0.25, 0.3) is 4.85 Å².